The molecule has 0 amide bonds. The number of nitro benzene ring substituents is 1. The van der Waals surface area contributed by atoms with Gasteiger partial charge in [0.2, 0.25) is 5.78 Å². The molecule has 0 aromatic heterocycles. The minimum Gasteiger partial charge on any atom is -0.452 e. The van der Waals surface area contributed by atoms with Crippen LogP contribution in [0.2, 0.25) is 5.02 Å². The number of halogens is 1. The summed E-state index contributed by atoms with van der Waals surface area (Å²) >= 11 is 5.86. The first-order chi connectivity index (χ1) is 14.4. The molecule has 4 rings (SSSR count). The van der Waals surface area contributed by atoms with E-state index < -0.39 is 10.9 Å². The summed E-state index contributed by atoms with van der Waals surface area (Å²) in [5.41, 5.74) is 1.13. The molecule has 0 aliphatic carbocycles. The number of nitrogens with zero attached hydrogens (tertiary/aromatic N) is 1. The van der Waals surface area contributed by atoms with Crippen molar-refractivity contribution in [2.24, 2.45) is 0 Å². The topological polar surface area (TPSA) is 95.7 Å². The van der Waals surface area contributed by atoms with Crippen LogP contribution in [0.5, 0.6) is 11.5 Å². The maximum atomic E-state index is 12.5. The Balaban J connectivity index is 1.51. The number of Topliss-reactive ketones (excluding diaryl/α,β-unsaturated/α-hetero) is 1. The number of esters is 1. The molecule has 0 saturated heterocycles. The van der Waals surface area contributed by atoms with Gasteiger partial charge in [-0.25, -0.2) is 4.79 Å². The van der Waals surface area contributed by atoms with E-state index in [4.69, 9.17) is 21.1 Å². The van der Waals surface area contributed by atoms with E-state index >= 15 is 0 Å². The predicted octanol–water partition coefficient (Wildman–Crippen LogP) is 5.08. The summed E-state index contributed by atoms with van der Waals surface area (Å²) in [7, 11) is 0. The quantitative estimate of drug-likeness (QED) is 0.191. The third kappa shape index (κ3) is 3.92. The molecule has 1 heterocycles. The van der Waals surface area contributed by atoms with E-state index in [9.17, 15) is 19.7 Å². The van der Waals surface area contributed by atoms with Gasteiger partial charge in [0, 0.05) is 23.2 Å². The van der Waals surface area contributed by atoms with Gasteiger partial charge >= 0.3 is 5.97 Å². The van der Waals surface area contributed by atoms with Crippen molar-refractivity contribution in [2.75, 3.05) is 0 Å². The summed E-state index contributed by atoms with van der Waals surface area (Å²) < 4.78 is 10.9. The minimum absolute atomic E-state index is 0.129. The van der Waals surface area contributed by atoms with E-state index in [0.29, 0.717) is 10.6 Å². The molecule has 148 valence electrons. The highest BCUT2D eigenvalue weighted by molar-refractivity contribution is 6.30. The largest absolute Gasteiger partial charge is 0.452 e. The van der Waals surface area contributed by atoms with Crippen molar-refractivity contribution in [3.8, 4) is 11.5 Å². The average molecular weight is 422 g/mol. The molecule has 0 unspecified atom stereocenters. The van der Waals surface area contributed by atoms with Crippen molar-refractivity contribution >= 4 is 35.1 Å². The SMILES string of the molecule is O=C(Oc1ccc2c(c1)O/C(=C\c1ccc(Cl)cc1)C2=O)c1ccc([N+](=O)[O-])cc1. The fourth-order valence-electron chi connectivity index (χ4n) is 2.83. The van der Waals surface area contributed by atoms with E-state index in [1.165, 1.54) is 42.5 Å². The standard InChI is InChI=1S/C22H12ClNO6/c23-15-5-1-13(2-6-15)11-20-21(25)18-10-9-17(12-19(18)30-20)29-22(26)14-3-7-16(8-4-14)24(27)28/h1-12H/b20-11-. The molecule has 7 nitrogen and oxygen atoms in total. The number of hydrogen-bond donors (Lipinski definition) is 0. The molecule has 3 aromatic rings. The second-order valence-electron chi connectivity index (χ2n) is 6.34. The van der Waals surface area contributed by atoms with Crippen molar-refractivity contribution in [2.45, 2.75) is 0 Å². The number of carbonyl (C=O) groups excluding carboxylic acids is 2. The summed E-state index contributed by atoms with van der Waals surface area (Å²) in [6, 6.07) is 16.4. The Kier molecular flexibility index (Phi) is 5.04. The van der Waals surface area contributed by atoms with E-state index in [-0.39, 0.29) is 34.3 Å². The number of fused-ring (bicyclic) bond motifs is 1. The third-order valence-corrected chi connectivity index (χ3v) is 4.59. The molecule has 30 heavy (non-hydrogen) atoms. The number of rotatable bonds is 4. The van der Waals surface area contributed by atoms with Crippen LogP contribution < -0.4 is 9.47 Å². The second-order valence-corrected chi connectivity index (χ2v) is 6.78. The lowest BCUT2D eigenvalue weighted by Crippen LogP contribution is -2.08. The summed E-state index contributed by atoms with van der Waals surface area (Å²) in [4.78, 5) is 34.9. The van der Waals surface area contributed by atoms with Crippen molar-refractivity contribution in [3.05, 3.63) is 104 Å². The minimum atomic E-state index is -0.689. The predicted molar refractivity (Wildman–Crippen MR) is 109 cm³/mol. The van der Waals surface area contributed by atoms with Gasteiger partial charge in [0.1, 0.15) is 11.5 Å². The summed E-state index contributed by atoms with van der Waals surface area (Å²) in [6.45, 7) is 0. The first-order valence-electron chi connectivity index (χ1n) is 8.71. The lowest BCUT2D eigenvalue weighted by atomic mass is 10.1. The Morgan fingerprint density at radius 1 is 1.03 bits per heavy atom. The van der Waals surface area contributed by atoms with Gasteiger partial charge in [0.05, 0.1) is 16.1 Å². The molecule has 0 saturated carbocycles. The summed E-state index contributed by atoms with van der Waals surface area (Å²) in [6.07, 6.45) is 1.60. The van der Waals surface area contributed by atoms with Gasteiger partial charge in [0.15, 0.2) is 5.76 Å². The van der Waals surface area contributed by atoms with Crippen molar-refractivity contribution in [3.63, 3.8) is 0 Å². The van der Waals surface area contributed by atoms with Crippen LogP contribution in [0.15, 0.2) is 72.5 Å². The Bertz CT molecular complexity index is 1200. The number of ketones is 1. The monoisotopic (exact) mass is 421 g/mol. The highest BCUT2D eigenvalue weighted by atomic mass is 35.5. The molecule has 1 aliphatic heterocycles. The lowest BCUT2D eigenvalue weighted by molar-refractivity contribution is -0.384. The first kappa shape index (κ1) is 19.4. The molecule has 0 spiro atoms. The van der Waals surface area contributed by atoms with E-state index in [0.717, 1.165) is 5.56 Å². The van der Waals surface area contributed by atoms with Crippen LogP contribution in [0.3, 0.4) is 0 Å². The summed E-state index contributed by atoms with van der Waals surface area (Å²) in [5.74, 6) is -0.377. The first-order valence-corrected chi connectivity index (χ1v) is 9.09. The molecule has 3 aromatic carbocycles. The molecule has 8 heteroatoms. The fraction of sp³-hybridized carbons (Fsp3) is 0. The number of non-ortho nitro benzene ring substituents is 1. The van der Waals surface area contributed by atoms with Gasteiger partial charge in [-0.3, -0.25) is 14.9 Å². The van der Waals surface area contributed by atoms with Crippen LogP contribution in [0.4, 0.5) is 5.69 Å². The van der Waals surface area contributed by atoms with E-state index in [2.05, 4.69) is 0 Å². The van der Waals surface area contributed by atoms with Crippen molar-refractivity contribution < 1.29 is 24.0 Å². The van der Waals surface area contributed by atoms with Crippen LogP contribution in [0, 0.1) is 10.1 Å². The Morgan fingerprint density at radius 3 is 2.40 bits per heavy atom. The third-order valence-electron chi connectivity index (χ3n) is 4.33. The molecule has 0 N–H and O–H groups in total. The van der Waals surface area contributed by atoms with E-state index in [1.807, 2.05) is 0 Å². The zero-order chi connectivity index (χ0) is 21.3. The molecule has 1 aliphatic rings. The molecule has 0 bridgehead atoms. The number of allylic oxidation sites excluding steroid dienone is 1. The number of ether oxygens (including phenoxy) is 2. The Morgan fingerprint density at radius 2 is 1.73 bits per heavy atom. The second kappa shape index (κ2) is 7.81. The van der Waals surface area contributed by atoms with Gasteiger partial charge in [0.25, 0.3) is 5.69 Å². The lowest BCUT2D eigenvalue weighted by Gasteiger charge is -2.05. The fourth-order valence-corrected chi connectivity index (χ4v) is 2.95. The van der Waals surface area contributed by atoms with Crippen LogP contribution >= 0.6 is 11.6 Å². The molecule has 0 radical (unpaired) electrons. The maximum Gasteiger partial charge on any atom is 0.343 e. The van der Waals surface area contributed by atoms with Crippen LogP contribution in [0.1, 0.15) is 26.3 Å². The van der Waals surface area contributed by atoms with Gasteiger partial charge in [-0.05, 0) is 48.0 Å². The van der Waals surface area contributed by atoms with Gasteiger partial charge in [-0.2, -0.15) is 0 Å². The van der Waals surface area contributed by atoms with Gasteiger partial charge < -0.3 is 9.47 Å². The molecular formula is C22H12ClNO6. The van der Waals surface area contributed by atoms with Crippen LogP contribution in [-0.2, 0) is 0 Å². The molecule has 0 atom stereocenters. The number of benzene rings is 3. The van der Waals surface area contributed by atoms with Crippen molar-refractivity contribution in [1.82, 2.24) is 0 Å². The van der Waals surface area contributed by atoms with Crippen LogP contribution in [-0.4, -0.2) is 16.7 Å². The highest BCUT2D eigenvalue weighted by Crippen LogP contribution is 2.35. The number of nitro groups is 1. The normalized spacial score (nSPS) is 13.6. The van der Waals surface area contributed by atoms with Gasteiger partial charge in [-0.15, -0.1) is 0 Å². The summed E-state index contributed by atoms with van der Waals surface area (Å²) in [5, 5.41) is 11.3. The Hall–Kier alpha value is -3.97. The Labute approximate surface area is 175 Å². The maximum absolute atomic E-state index is 12.5. The molecular weight excluding hydrogens is 410 g/mol. The molecule has 0 fully saturated rings. The number of hydrogen-bond acceptors (Lipinski definition) is 6. The van der Waals surface area contributed by atoms with Crippen LogP contribution in [0.25, 0.3) is 6.08 Å². The zero-order valence-corrected chi connectivity index (χ0v) is 16.0. The smallest absolute Gasteiger partial charge is 0.343 e. The average Bonchev–Trinajstić information content (AvgIpc) is 3.04. The van der Waals surface area contributed by atoms with Gasteiger partial charge in [-0.1, -0.05) is 23.7 Å². The highest BCUT2D eigenvalue weighted by Gasteiger charge is 2.28. The zero-order valence-electron chi connectivity index (χ0n) is 15.2. The van der Waals surface area contributed by atoms with E-state index in [1.54, 1.807) is 30.3 Å². The van der Waals surface area contributed by atoms with Crippen molar-refractivity contribution in [1.29, 1.82) is 0 Å². The number of carbonyl (C=O) groups is 2.